The molecule has 1 saturated carbocycles. The number of rotatable bonds is 6. The number of amides is 2. The predicted octanol–water partition coefficient (Wildman–Crippen LogP) is 3.02. The zero-order chi connectivity index (χ0) is 16.7. The Morgan fingerprint density at radius 3 is 2.48 bits per heavy atom. The van der Waals surface area contributed by atoms with Crippen molar-refractivity contribution in [1.29, 1.82) is 0 Å². The second kappa shape index (κ2) is 8.70. The summed E-state index contributed by atoms with van der Waals surface area (Å²) in [7, 11) is 0. The van der Waals surface area contributed by atoms with E-state index >= 15 is 0 Å². The smallest absolute Gasteiger partial charge is 0.220 e. The third-order valence-electron chi connectivity index (χ3n) is 4.96. The van der Waals surface area contributed by atoms with Gasteiger partial charge in [0, 0.05) is 25.4 Å². The fraction of sp³-hybridized carbons (Fsp3) is 0.579. The molecule has 0 aliphatic heterocycles. The molecule has 126 valence electrons. The molecule has 0 heterocycles. The summed E-state index contributed by atoms with van der Waals surface area (Å²) in [6, 6.07) is 10.0. The van der Waals surface area contributed by atoms with Gasteiger partial charge in [-0.2, -0.15) is 0 Å². The third kappa shape index (κ3) is 5.70. The second-order valence-electron chi connectivity index (χ2n) is 6.70. The van der Waals surface area contributed by atoms with Crippen molar-refractivity contribution in [3.05, 3.63) is 35.9 Å². The topological polar surface area (TPSA) is 58.2 Å². The van der Waals surface area contributed by atoms with E-state index in [9.17, 15) is 9.59 Å². The van der Waals surface area contributed by atoms with Crippen LogP contribution in [-0.2, 0) is 16.1 Å². The van der Waals surface area contributed by atoms with Crippen LogP contribution in [0.3, 0.4) is 0 Å². The zero-order valence-corrected chi connectivity index (χ0v) is 14.2. The standard InChI is InChI=1S/C19H28N2O2/c1-14-7-6-10-17(15(14)2)21-19(23)12-11-18(22)20-13-16-8-4-3-5-9-16/h3-5,8-9,14-15,17H,6-7,10-13H2,1-2H3,(H,20,22)(H,21,23)/t14-,15+,17+/m0/s1. The van der Waals surface area contributed by atoms with Crippen molar-refractivity contribution in [3.8, 4) is 0 Å². The van der Waals surface area contributed by atoms with E-state index in [0.29, 0.717) is 18.4 Å². The first-order chi connectivity index (χ1) is 11.1. The van der Waals surface area contributed by atoms with E-state index in [4.69, 9.17) is 0 Å². The van der Waals surface area contributed by atoms with Gasteiger partial charge in [-0.25, -0.2) is 0 Å². The van der Waals surface area contributed by atoms with Crippen LogP contribution in [0.15, 0.2) is 30.3 Å². The number of nitrogens with one attached hydrogen (secondary N) is 2. The maximum Gasteiger partial charge on any atom is 0.220 e. The normalized spacial score (nSPS) is 24.0. The Kier molecular flexibility index (Phi) is 6.63. The molecular weight excluding hydrogens is 288 g/mol. The maximum absolute atomic E-state index is 12.1. The van der Waals surface area contributed by atoms with E-state index in [2.05, 4.69) is 24.5 Å². The van der Waals surface area contributed by atoms with Crippen LogP contribution in [0, 0.1) is 11.8 Å². The van der Waals surface area contributed by atoms with Crippen molar-refractivity contribution in [3.63, 3.8) is 0 Å². The fourth-order valence-corrected chi connectivity index (χ4v) is 3.18. The van der Waals surface area contributed by atoms with Gasteiger partial charge < -0.3 is 10.6 Å². The minimum atomic E-state index is -0.0749. The van der Waals surface area contributed by atoms with Gasteiger partial charge in [0.15, 0.2) is 0 Å². The van der Waals surface area contributed by atoms with Crippen molar-refractivity contribution >= 4 is 11.8 Å². The average molecular weight is 316 g/mol. The summed E-state index contributed by atoms with van der Waals surface area (Å²) in [5.74, 6) is 1.09. The van der Waals surface area contributed by atoms with E-state index in [1.165, 1.54) is 12.8 Å². The highest BCUT2D eigenvalue weighted by Crippen LogP contribution is 2.29. The summed E-state index contributed by atoms with van der Waals surface area (Å²) in [6.45, 7) is 4.97. The molecule has 2 amide bonds. The van der Waals surface area contributed by atoms with Gasteiger partial charge in [0.05, 0.1) is 0 Å². The van der Waals surface area contributed by atoms with Crippen LogP contribution in [0.4, 0.5) is 0 Å². The van der Waals surface area contributed by atoms with Gasteiger partial charge in [-0.3, -0.25) is 9.59 Å². The first-order valence-electron chi connectivity index (χ1n) is 8.66. The Labute approximate surface area is 139 Å². The third-order valence-corrected chi connectivity index (χ3v) is 4.96. The number of carbonyl (C=O) groups excluding carboxylic acids is 2. The van der Waals surface area contributed by atoms with E-state index < -0.39 is 0 Å². The van der Waals surface area contributed by atoms with E-state index in [1.807, 2.05) is 30.3 Å². The molecular formula is C19H28N2O2. The van der Waals surface area contributed by atoms with Gasteiger partial charge in [-0.15, -0.1) is 0 Å². The Morgan fingerprint density at radius 1 is 1.04 bits per heavy atom. The van der Waals surface area contributed by atoms with E-state index in [0.717, 1.165) is 12.0 Å². The molecule has 4 nitrogen and oxygen atoms in total. The summed E-state index contributed by atoms with van der Waals surface area (Å²) in [6.07, 6.45) is 3.98. The second-order valence-corrected chi connectivity index (χ2v) is 6.70. The Bertz CT molecular complexity index is 515. The number of carbonyl (C=O) groups is 2. The van der Waals surface area contributed by atoms with Crippen LogP contribution in [0.25, 0.3) is 0 Å². The molecule has 4 heteroatoms. The molecule has 2 rings (SSSR count). The number of hydrogen-bond acceptors (Lipinski definition) is 2. The molecule has 2 N–H and O–H groups in total. The van der Waals surface area contributed by atoms with Crippen LogP contribution in [0.5, 0.6) is 0 Å². The number of hydrogen-bond donors (Lipinski definition) is 2. The first-order valence-corrected chi connectivity index (χ1v) is 8.66. The maximum atomic E-state index is 12.1. The predicted molar refractivity (Wildman–Crippen MR) is 91.6 cm³/mol. The van der Waals surface area contributed by atoms with Crippen LogP contribution in [-0.4, -0.2) is 17.9 Å². The molecule has 0 aromatic heterocycles. The summed E-state index contributed by atoms with van der Waals surface area (Å²) >= 11 is 0. The fourth-order valence-electron chi connectivity index (χ4n) is 3.18. The molecule has 1 aromatic carbocycles. The zero-order valence-electron chi connectivity index (χ0n) is 14.2. The lowest BCUT2D eigenvalue weighted by atomic mass is 9.78. The molecule has 1 fully saturated rings. The summed E-state index contributed by atoms with van der Waals surface area (Å²) in [5, 5.41) is 5.96. The van der Waals surface area contributed by atoms with Crippen LogP contribution in [0.1, 0.15) is 51.5 Å². The highest BCUT2D eigenvalue weighted by atomic mass is 16.2. The Morgan fingerprint density at radius 2 is 1.74 bits per heavy atom. The quantitative estimate of drug-likeness (QED) is 0.847. The molecule has 0 bridgehead atoms. The lowest BCUT2D eigenvalue weighted by Crippen LogP contribution is -2.43. The summed E-state index contributed by atoms with van der Waals surface area (Å²) in [5.41, 5.74) is 1.07. The largest absolute Gasteiger partial charge is 0.353 e. The van der Waals surface area contributed by atoms with Gasteiger partial charge in [0.25, 0.3) is 0 Å². The van der Waals surface area contributed by atoms with Crippen LogP contribution in [0.2, 0.25) is 0 Å². The molecule has 3 atom stereocenters. The molecule has 23 heavy (non-hydrogen) atoms. The molecule has 0 spiro atoms. The minimum Gasteiger partial charge on any atom is -0.353 e. The van der Waals surface area contributed by atoms with Crippen molar-refractivity contribution in [1.82, 2.24) is 10.6 Å². The van der Waals surface area contributed by atoms with Crippen LogP contribution >= 0.6 is 0 Å². The minimum absolute atomic E-state index is 0.00851. The summed E-state index contributed by atoms with van der Waals surface area (Å²) in [4.78, 5) is 23.9. The molecule has 0 unspecified atom stereocenters. The van der Waals surface area contributed by atoms with E-state index in [-0.39, 0.29) is 30.7 Å². The Hall–Kier alpha value is -1.84. The van der Waals surface area contributed by atoms with E-state index in [1.54, 1.807) is 0 Å². The summed E-state index contributed by atoms with van der Waals surface area (Å²) < 4.78 is 0. The lowest BCUT2D eigenvalue weighted by Gasteiger charge is -2.34. The molecule has 0 saturated heterocycles. The van der Waals surface area contributed by atoms with Crippen molar-refractivity contribution in [2.24, 2.45) is 11.8 Å². The first kappa shape index (κ1) is 17.5. The van der Waals surface area contributed by atoms with Crippen molar-refractivity contribution < 1.29 is 9.59 Å². The van der Waals surface area contributed by atoms with Crippen molar-refractivity contribution in [2.75, 3.05) is 0 Å². The highest BCUT2D eigenvalue weighted by Gasteiger charge is 2.27. The van der Waals surface area contributed by atoms with Gasteiger partial charge in [0.2, 0.25) is 11.8 Å². The SMILES string of the molecule is C[C@@H]1[C@@H](C)CCC[C@H]1NC(=O)CCC(=O)NCc1ccccc1. The highest BCUT2D eigenvalue weighted by molar-refractivity contribution is 5.83. The van der Waals surface area contributed by atoms with Gasteiger partial charge >= 0.3 is 0 Å². The molecule has 0 radical (unpaired) electrons. The lowest BCUT2D eigenvalue weighted by molar-refractivity contribution is -0.127. The van der Waals surface area contributed by atoms with Crippen LogP contribution < -0.4 is 10.6 Å². The molecule has 1 aliphatic rings. The Balaban J connectivity index is 1.66. The average Bonchev–Trinajstić information content (AvgIpc) is 2.56. The van der Waals surface area contributed by atoms with Gasteiger partial charge in [-0.05, 0) is 23.8 Å². The number of benzene rings is 1. The van der Waals surface area contributed by atoms with Crippen molar-refractivity contribution in [2.45, 2.75) is 58.5 Å². The monoisotopic (exact) mass is 316 g/mol. The van der Waals surface area contributed by atoms with Gasteiger partial charge in [-0.1, -0.05) is 57.0 Å². The molecule has 1 aromatic rings. The van der Waals surface area contributed by atoms with Gasteiger partial charge in [0.1, 0.15) is 0 Å². The molecule has 1 aliphatic carbocycles.